The Labute approximate surface area is 88.9 Å². The number of nitrogens with zero attached hydrogens (tertiary/aromatic N) is 1. The third-order valence-electron chi connectivity index (χ3n) is 3.48. The second-order valence-corrected chi connectivity index (χ2v) is 5.23. The lowest BCUT2D eigenvalue weighted by molar-refractivity contribution is 0.397. The maximum atomic E-state index is 3.67. The van der Waals surface area contributed by atoms with Gasteiger partial charge < -0.3 is 10.2 Å². The summed E-state index contributed by atoms with van der Waals surface area (Å²) < 4.78 is 0. The van der Waals surface area contributed by atoms with Crippen LogP contribution in [0.4, 0.5) is 0 Å². The van der Waals surface area contributed by atoms with Gasteiger partial charge in [-0.15, -0.1) is 0 Å². The molecule has 0 saturated carbocycles. The number of fused-ring (bicyclic) bond motifs is 3. The smallest absolute Gasteiger partial charge is 0.0276 e. The van der Waals surface area contributed by atoms with Gasteiger partial charge >= 0.3 is 0 Å². The average molecular weight is 208 g/mol. The first-order chi connectivity index (χ1) is 6.84. The quantitative estimate of drug-likeness (QED) is 0.691. The Kier molecular flexibility index (Phi) is 2.11. The van der Waals surface area contributed by atoms with Crippen LogP contribution in [-0.2, 0) is 6.42 Å². The van der Waals surface area contributed by atoms with Gasteiger partial charge in [-0.1, -0.05) is 0 Å². The van der Waals surface area contributed by atoms with Crippen molar-refractivity contribution in [3.8, 4) is 0 Å². The minimum Gasteiger partial charge on any atom is -0.312 e. The van der Waals surface area contributed by atoms with Crippen LogP contribution < -0.4 is 5.32 Å². The fourth-order valence-corrected chi connectivity index (χ4v) is 3.74. The topological polar surface area (TPSA) is 15.3 Å². The van der Waals surface area contributed by atoms with Crippen LogP contribution in [0.15, 0.2) is 10.8 Å². The van der Waals surface area contributed by atoms with Gasteiger partial charge in [-0.2, -0.15) is 11.3 Å². The van der Waals surface area contributed by atoms with E-state index in [0.29, 0.717) is 6.04 Å². The summed E-state index contributed by atoms with van der Waals surface area (Å²) in [6.45, 7) is 3.58. The van der Waals surface area contributed by atoms with Gasteiger partial charge in [-0.25, -0.2) is 0 Å². The highest BCUT2D eigenvalue weighted by molar-refractivity contribution is 7.08. The Morgan fingerprint density at radius 2 is 2.36 bits per heavy atom. The molecule has 1 fully saturated rings. The SMILES string of the molecule is CN1CC2NCCc3cscc3C2C1. The molecule has 1 aromatic heterocycles. The Morgan fingerprint density at radius 3 is 3.29 bits per heavy atom. The molecule has 0 spiro atoms. The van der Waals surface area contributed by atoms with Crippen molar-refractivity contribution < 1.29 is 0 Å². The molecule has 2 atom stereocenters. The van der Waals surface area contributed by atoms with E-state index in [4.69, 9.17) is 0 Å². The molecule has 1 aromatic rings. The van der Waals surface area contributed by atoms with E-state index in [1.807, 2.05) is 11.3 Å². The molecular formula is C11H16N2S. The number of likely N-dealkylation sites (tertiary alicyclic amines) is 1. The lowest BCUT2D eigenvalue weighted by atomic mass is 9.95. The number of rotatable bonds is 0. The number of nitrogens with one attached hydrogen (secondary N) is 1. The summed E-state index contributed by atoms with van der Waals surface area (Å²) in [4.78, 5) is 2.44. The highest BCUT2D eigenvalue weighted by atomic mass is 32.1. The fraction of sp³-hybridized carbons (Fsp3) is 0.636. The summed E-state index contributed by atoms with van der Waals surface area (Å²) in [5.74, 6) is 0.740. The predicted molar refractivity (Wildman–Crippen MR) is 60.1 cm³/mol. The van der Waals surface area contributed by atoms with E-state index in [1.54, 1.807) is 11.1 Å². The average Bonchev–Trinajstić information content (AvgIpc) is 2.70. The number of hydrogen-bond donors (Lipinski definition) is 1. The van der Waals surface area contributed by atoms with Crippen molar-refractivity contribution >= 4 is 11.3 Å². The normalized spacial score (nSPS) is 32.4. The van der Waals surface area contributed by atoms with Crippen LogP contribution in [0.3, 0.4) is 0 Å². The van der Waals surface area contributed by atoms with Crippen LogP contribution in [0.5, 0.6) is 0 Å². The van der Waals surface area contributed by atoms with E-state index in [0.717, 1.165) is 12.5 Å². The molecule has 0 aliphatic carbocycles. The summed E-state index contributed by atoms with van der Waals surface area (Å²) in [6.07, 6.45) is 1.22. The summed E-state index contributed by atoms with van der Waals surface area (Å²) in [6, 6.07) is 0.691. The van der Waals surface area contributed by atoms with E-state index >= 15 is 0 Å². The van der Waals surface area contributed by atoms with Crippen molar-refractivity contribution in [1.82, 2.24) is 10.2 Å². The third kappa shape index (κ3) is 1.31. The maximum Gasteiger partial charge on any atom is 0.0276 e. The van der Waals surface area contributed by atoms with Crippen LogP contribution in [0, 0.1) is 0 Å². The van der Waals surface area contributed by atoms with Gasteiger partial charge in [-0.3, -0.25) is 0 Å². The third-order valence-corrected chi connectivity index (χ3v) is 4.29. The van der Waals surface area contributed by atoms with Gasteiger partial charge in [0.05, 0.1) is 0 Å². The molecule has 1 saturated heterocycles. The Hall–Kier alpha value is -0.380. The summed E-state index contributed by atoms with van der Waals surface area (Å²) >= 11 is 1.87. The fourth-order valence-electron chi connectivity index (χ4n) is 2.78. The zero-order valence-electron chi connectivity index (χ0n) is 8.49. The molecule has 3 heterocycles. The molecule has 1 N–H and O–H groups in total. The van der Waals surface area contributed by atoms with Crippen molar-refractivity contribution in [3.63, 3.8) is 0 Å². The van der Waals surface area contributed by atoms with Gasteiger partial charge in [0.15, 0.2) is 0 Å². The van der Waals surface area contributed by atoms with Gasteiger partial charge in [0.2, 0.25) is 0 Å². The van der Waals surface area contributed by atoms with Crippen molar-refractivity contribution in [3.05, 3.63) is 21.9 Å². The van der Waals surface area contributed by atoms with E-state index in [9.17, 15) is 0 Å². The Bertz CT molecular complexity index is 334. The summed E-state index contributed by atoms with van der Waals surface area (Å²) in [7, 11) is 2.22. The molecule has 14 heavy (non-hydrogen) atoms. The lowest BCUT2D eigenvalue weighted by Gasteiger charge is -2.15. The van der Waals surface area contributed by atoms with Gasteiger partial charge in [0, 0.05) is 25.0 Å². The second kappa shape index (κ2) is 3.33. The van der Waals surface area contributed by atoms with Crippen molar-refractivity contribution in [1.29, 1.82) is 0 Å². The predicted octanol–water partition coefficient (Wildman–Crippen LogP) is 1.29. The van der Waals surface area contributed by atoms with Gasteiger partial charge in [-0.05, 0) is 41.9 Å². The molecule has 2 aliphatic heterocycles. The molecule has 2 aliphatic rings. The van der Waals surface area contributed by atoms with Crippen LogP contribution >= 0.6 is 11.3 Å². The zero-order chi connectivity index (χ0) is 9.54. The maximum absolute atomic E-state index is 3.67. The molecule has 76 valence electrons. The molecule has 3 rings (SSSR count). The molecule has 2 unspecified atom stereocenters. The molecular weight excluding hydrogens is 192 g/mol. The highest BCUT2D eigenvalue weighted by Crippen LogP contribution is 2.33. The number of likely N-dealkylation sites (N-methyl/N-ethyl adjacent to an activating group) is 1. The number of thiophene rings is 1. The standard InChI is InChI=1S/C11H16N2S/c1-13-4-9-10-7-14-6-8(10)2-3-12-11(9)5-13/h6-7,9,11-12H,2-5H2,1H3. The van der Waals surface area contributed by atoms with Gasteiger partial charge in [0.25, 0.3) is 0 Å². The highest BCUT2D eigenvalue weighted by Gasteiger charge is 2.34. The molecule has 2 nitrogen and oxygen atoms in total. The largest absolute Gasteiger partial charge is 0.312 e. The van der Waals surface area contributed by atoms with Crippen LogP contribution in [0.25, 0.3) is 0 Å². The van der Waals surface area contributed by atoms with E-state index in [1.165, 1.54) is 19.5 Å². The monoisotopic (exact) mass is 208 g/mol. The van der Waals surface area contributed by atoms with Crippen molar-refractivity contribution in [2.24, 2.45) is 0 Å². The molecule has 0 aromatic carbocycles. The van der Waals surface area contributed by atoms with Crippen molar-refractivity contribution in [2.45, 2.75) is 18.4 Å². The molecule has 0 amide bonds. The van der Waals surface area contributed by atoms with E-state index < -0.39 is 0 Å². The minimum atomic E-state index is 0.691. The minimum absolute atomic E-state index is 0.691. The number of hydrogen-bond acceptors (Lipinski definition) is 3. The first kappa shape index (κ1) is 8.89. The molecule has 0 bridgehead atoms. The molecule has 0 radical (unpaired) electrons. The first-order valence-corrected chi connectivity index (χ1v) is 6.26. The van der Waals surface area contributed by atoms with Crippen LogP contribution in [0.1, 0.15) is 17.0 Å². The summed E-state index contributed by atoms with van der Waals surface area (Å²) in [5, 5.41) is 8.36. The molecule has 3 heteroatoms. The van der Waals surface area contributed by atoms with Gasteiger partial charge in [0.1, 0.15) is 0 Å². The first-order valence-electron chi connectivity index (χ1n) is 5.31. The zero-order valence-corrected chi connectivity index (χ0v) is 9.31. The van der Waals surface area contributed by atoms with E-state index in [-0.39, 0.29) is 0 Å². The summed E-state index contributed by atoms with van der Waals surface area (Å²) in [5.41, 5.74) is 3.21. The Balaban J connectivity index is 1.98. The van der Waals surface area contributed by atoms with E-state index in [2.05, 4.69) is 28.0 Å². The lowest BCUT2D eigenvalue weighted by Crippen LogP contribution is -2.34. The van der Waals surface area contributed by atoms with Crippen molar-refractivity contribution in [2.75, 3.05) is 26.7 Å². The van der Waals surface area contributed by atoms with Crippen LogP contribution in [0.2, 0.25) is 0 Å². The Morgan fingerprint density at radius 1 is 1.43 bits per heavy atom. The second-order valence-electron chi connectivity index (χ2n) is 4.49. The van der Waals surface area contributed by atoms with Crippen LogP contribution in [-0.4, -0.2) is 37.6 Å².